The van der Waals surface area contributed by atoms with Gasteiger partial charge in [0.25, 0.3) is 0 Å². The average molecular weight is 424 g/mol. The number of amides is 1. The molecule has 0 saturated carbocycles. The third kappa shape index (κ3) is 4.23. The largest absolute Gasteiger partial charge is 0.439 e. The van der Waals surface area contributed by atoms with Gasteiger partial charge >= 0.3 is 36.3 Å². The van der Waals surface area contributed by atoms with Gasteiger partial charge in [0.2, 0.25) is 0 Å². The number of ether oxygens (including phenoxy) is 1. The van der Waals surface area contributed by atoms with Crippen molar-refractivity contribution < 1.29 is 57.9 Å². The number of alkyl halides is 10. The first kappa shape index (κ1) is 23.7. The molecule has 1 aliphatic heterocycles. The normalized spacial score (nSPS) is 24.5. The quantitative estimate of drug-likeness (QED) is 0.309. The molecule has 15 heteroatoms. The Morgan fingerprint density at radius 2 is 1.37 bits per heavy atom. The van der Waals surface area contributed by atoms with Gasteiger partial charge in [-0.05, 0) is 0 Å². The summed E-state index contributed by atoms with van der Waals surface area (Å²) in [6.07, 6.45) is -12.9. The van der Waals surface area contributed by atoms with E-state index in [0.717, 1.165) is 0 Å². The Kier molecular flexibility index (Phi) is 5.80. The van der Waals surface area contributed by atoms with E-state index in [1.165, 1.54) is 5.32 Å². The third-order valence-electron chi connectivity index (χ3n) is 3.36. The van der Waals surface area contributed by atoms with Crippen molar-refractivity contribution in [2.75, 3.05) is 34.2 Å². The van der Waals surface area contributed by atoms with Crippen molar-refractivity contribution >= 4 is 5.91 Å². The van der Waals surface area contributed by atoms with E-state index in [4.69, 9.17) is 0 Å². The van der Waals surface area contributed by atoms with Crippen LogP contribution in [-0.4, -0.2) is 79.9 Å². The number of hydrogen-bond donors (Lipinski definition) is 1. The van der Waals surface area contributed by atoms with Crippen LogP contribution in [0.2, 0.25) is 0 Å². The number of nitrogens with one attached hydrogen (secondary N) is 1. The Bertz CT molecular complexity index is 550. The van der Waals surface area contributed by atoms with E-state index in [2.05, 4.69) is 4.74 Å². The molecule has 0 bridgehead atoms. The van der Waals surface area contributed by atoms with Gasteiger partial charge in [-0.2, -0.15) is 43.9 Å². The zero-order chi connectivity index (χ0) is 21.7. The molecule has 0 atom stereocenters. The van der Waals surface area contributed by atoms with Gasteiger partial charge in [0.05, 0.1) is 27.7 Å². The fraction of sp³-hybridized carbons (Fsp3) is 0.917. The number of carbonyl (C=O) groups excluding carboxylic acids is 1. The molecule has 0 aliphatic carbocycles. The van der Waals surface area contributed by atoms with E-state index in [-0.39, 0.29) is 17.4 Å². The highest BCUT2D eigenvalue weighted by Crippen LogP contribution is 2.58. The smallest absolute Gasteiger partial charge is 0.349 e. The summed E-state index contributed by atoms with van der Waals surface area (Å²) in [7, 11) is 4.99. The third-order valence-corrected chi connectivity index (χ3v) is 3.36. The lowest BCUT2D eigenvalue weighted by atomic mass is 10.2. The highest BCUT2D eigenvalue weighted by Gasteiger charge is 2.87. The van der Waals surface area contributed by atoms with Crippen LogP contribution in [0.4, 0.5) is 43.9 Å². The van der Waals surface area contributed by atoms with Gasteiger partial charge in [0.15, 0.2) is 0 Å². The van der Waals surface area contributed by atoms with Crippen LogP contribution in [0.25, 0.3) is 0 Å². The molecule has 1 amide bonds. The molecule has 1 saturated heterocycles. The molecule has 0 spiro atoms. The van der Waals surface area contributed by atoms with Crippen LogP contribution >= 0.6 is 0 Å². The Labute approximate surface area is 146 Å². The molecule has 1 heterocycles. The Morgan fingerprint density at radius 1 is 0.963 bits per heavy atom. The molecular weight excluding hydrogens is 408 g/mol. The molecule has 0 aromatic carbocycles. The second kappa shape index (κ2) is 6.62. The molecule has 1 aliphatic rings. The average Bonchev–Trinajstić information content (AvgIpc) is 2.38. The lowest BCUT2D eigenvalue weighted by Gasteiger charge is -2.48. The van der Waals surface area contributed by atoms with E-state index >= 15 is 0 Å². The number of carbonyl (C=O) groups is 1. The summed E-state index contributed by atoms with van der Waals surface area (Å²) in [6.45, 7) is -0.385. The van der Waals surface area contributed by atoms with E-state index < -0.39 is 47.7 Å². The van der Waals surface area contributed by atoms with Gasteiger partial charge in [-0.15, -0.1) is 0 Å². The van der Waals surface area contributed by atoms with E-state index in [1.54, 1.807) is 21.1 Å². The van der Waals surface area contributed by atoms with Crippen molar-refractivity contribution in [3.05, 3.63) is 0 Å². The summed E-state index contributed by atoms with van der Waals surface area (Å²) in [5.74, 6) is -2.88. The van der Waals surface area contributed by atoms with Crippen LogP contribution in [-0.2, 0) is 9.53 Å². The van der Waals surface area contributed by atoms with Gasteiger partial charge in [-0.3, -0.25) is 4.79 Å². The fourth-order valence-corrected chi connectivity index (χ4v) is 2.04. The molecule has 0 unspecified atom stereocenters. The number of morpholine rings is 1. The summed E-state index contributed by atoms with van der Waals surface area (Å²) in [4.78, 5) is 8.26. The van der Waals surface area contributed by atoms with Crippen molar-refractivity contribution in [1.82, 2.24) is 10.2 Å². The van der Waals surface area contributed by atoms with Gasteiger partial charge in [-0.1, -0.05) is 4.90 Å². The Balaban J connectivity index is 3.14. The van der Waals surface area contributed by atoms with Crippen molar-refractivity contribution in [1.29, 1.82) is 0 Å². The molecule has 1 rings (SSSR count). The van der Waals surface area contributed by atoms with Crippen molar-refractivity contribution in [3.8, 4) is 0 Å². The SMILES string of the molecule is C[N+](C)(C)CCCNC(=O)C(F)(F)N1C(F)(F)C(F)(F)OC(F)(F)C1(F)F. The molecular formula is C12H16F10N3O2+. The van der Waals surface area contributed by atoms with Crippen molar-refractivity contribution in [2.24, 2.45) is 0 Å². The first-order chi connectivity index (χ1) is 11.7. The maximum Gasteiger partial charge on any atom is 0.439 e. The minimum Gasteiger partial charge on any atom is -0.349 e. The molecule has 0 aromatic heterocycles. The second-order valence-corrected chi connectivity index (χ2v) is 6.72. The standard InChI is InChI=1S/C12H15F10N3O2/c1-25(2,3)6-4-5-23-7(26)8(13,14)24-9(15,16)11(19,20)27-12(21,22)10(24,17)18/h4-6H2,1-3H3/p+1. The van der Waals surface area contributed by atoms with Crippen LogP contribution in [0.5, 0.6) is 0 Å². The zero-order valence-electron chi connectivity index (χ0n) is 14.1. The van der Waals surface area contributed by atoms with E-state index in [9.17, 15) is 48.7 Å². The molecule has 0 radical (unpaired) electrons. The van der Waals surface area contributed by atoms with E-state index in [0.29, 0.717) is 0 Å². The van der Waals surface area contributed by atoms with Crippen molar-refractivity contribution in [2.45, 2.75) is 36.8 Å². The van der Waals surface area contributed by atoms with Crippen molar-refractivity contribution in [3.63, 3.8) is 0 Å². The molecule has 5 nitrogen and oxygen atoms in total. The summed E-state index contributed by atoms with van der Waals surface area (Å²) in [5.41, 5.74) is 0. The molecule has 0 aromatic rings. The fourth-order valence-electron chi connectivity index (χ4n) is 2.04. The summed E-state index contributed by atoms with van der Waals surface area (Å²) < 4.78 is 136. The lowest BCUT2D eigenvalue weighted by molar-refractivity contribution is -0.870. The van der Waals surface area contributed by atoms with Crippen LogP contribution < -0.4 is 5.32 Å². The van der Waals surface area contributed by atoms with Crippen LogP contribution in [0.3, 0.4) is 0 Å². The van der Waals surface area contributed by atoms with Crippen LogP contribution in [0.1, 0.15) is 6.42 Å². The predicted octanol–water partition coefficient (Wildman–Crippen LogP) is 2.50. The Morgan fingerprint density at radius 3 is 1.74 bits per heavy atom. The minimum atomic E-state index is -6.64. The number of quaternary nitrogens is 1. The Hall–Kier alpha value is -1.35. The minimum absolute atomic E-state index is 0.0342. The topological polar surface area (TPSA) is 41.6 Å². The zero-order valence-corrected chi connectivity index (χ0v) is 14.1. The number of rotatable bonds is 6. The maximum absolute atomic E-state index is 13.9. The highest BCUT2D eigenvalue weighted by molar-refractivity contribution is 5.83. The molecule has 27 heavy (non-hydrogen) atoms. The number of hydrogen-bond acceptors (Lipinski definition) is 3. The van der Waals surface area contributed by atoms with Gasteiger partial charge in [0.1, 0.15) is 0 Å². The maximum atomic E-state index is 13.9. The first-order valence-corrected chi connectivity index (χ1v) is 7.18. The number of nitrogens with zero attached hydrogens (tertiary/aromatic N) is 2. The van der Waals surface area contributed by atoms with Gasteiger partial charge in [0, 0.05) is 13.0 Å². The molecule has 1 N–H and O–H groups in total. The summed E-state index contributed by atoms with van der Waals surface area (Å²) in [5, 5.41) is 1.29. The van der Waals surface area contributed by atoms with E-state index in [1.807, 2.05) is 0 Å². The van der Waals surface area contributed by atoms with Gasteiger partial charge < -0.3 is 9.80 Å². The monoisotopic (exact) mass is 424 g/mol. The molecule has 1 fully saturated rings. The van der Waals surface area contributed by atoms with Crippen LogP contribution in [0, 0.1) is 0 Å². The second-order valence-electron chi connectivity index (χ2n) is 6.72. The predicted molar refractivity (Wildman–Crippen MR) is 68.2 cm³/mol. The van der Waals surface area contributed by atoms with Gasteiger partial charge in [-0.25, -0.2) is 4.74 Å². The number of halogens is 10. The first-order valence-electron chi connectivity index (χ1n) is 7.18. The highest BCUT2D eigenvalue weighted by atomic mass is 19.4. The summed E-state index contributed by atoms with van der Waals surface area (Å²) >= 11 is 0. The van der Waals surface area contributed by atoms with Crippen LogP contribution in [0.15, 0.2) is 0 Å². The summed E-state index contributed by atoms with van der Waals surface area (Å²) in [6, 6.07) is -19.4. The molecule has 160 valence electrons. The lowest BCUT2D eigenvalue weighted by Crippen LogP contribution is -2.79.